The van der Waals surface area contributed by atoms with Crippen molar-refractivity contribution in [2.24, 2.45) is 0 Å². The number of anilines is 4. The molecule has 21 heavy (non-hydrogen) atoms. The minimum absolute atomic E-state index is 0.766. The third-order valence-electron chi connectivity index (χ3n) is 3.25. The van der Waals surface area contributed by atoms with E-state index in [0.717, 1.165) is 27.2 Å². The van der Waals surface area contributed by atoms with Crippen molar-refractivity contribution in [3.05, 3.63) is 83.3 Å². The number of nitrogens with zero attached hydrogens (tertiary/aromatic N) is 1. The first kappa shape index (κ1) is 13.7. The SMILES string of the molecule is Nc1ccc(N(c2ccccc2)c2ccc(Br)cc2)cc1. The first-order valence-electron chi connectivity index (χ1n) is 6.70. The molecule has 0 heterocycles. The van der Waals surface area contributed by atoms with E-state index in [1.165, 1.54) is 0 Å². The van der Waals surface area contributed by atoms with E-state index in [1.807, 2.05) is 54.6 Å². The Labute approximate surface area is 133 Å². The van der Waals surface area contributed by atoms with Gasteiger partial charge in [-0.2, -0.15) is 0 Å². The van der Waals surface area contributed by atoms with Crippen molar-refractivity contribution < 1.29 is 0 Å². The summed E-state index contributed by atoms with van der Waals surface area (Å²) in [6.45, 7) is 0. The molecule has 0 bridgehead atoms. The summed E-state index contributed by atoms with van der Waals surface area (Å²) in [5, 5.41) is 0. The summed E-state index contributed by atoms with van der Waals surface area (Å²) in [7, 11) is 0. The van der Waals surface area contributed by atoms with Crippen molar-refractivity contribution >= 4 is 38.7 Å². The van der Waals surface area contributed by atoms with E-state index in [4.69, 9.17) is 5.73 Å². The van der Waals surface area contributed by atoms with Gasteiger partial charge in [0.2, 0.25) is 0 Å². The molecule has 0 aliphatic rings. The first-order valence-corrected chi connectivity index (χ1v) is 7.49. The molecule has 0 saturated heterocycles. The maximum absolute atomic E-state index is 5.80. The van der Waals surface area contributed by atoms with Crippen LogP contribution in [0.4, 0.5) is 22.7 Å². The molecule has 3 aromatic carbocycles. The van der Waals surface area contributed by atoms with Crippen LogP contribution in [0.25, 0.3) is 0 Å². The Hall–Kier alpha value is -2.26. The Bertz CT molecular complexity index is 661. The third-order valence-corrected chi connectivity index (χ3v) is 3.78. The van der Waals surface area contributed by atoms with E-state index < -0.39 is 0 Å². The molecule has 0 atom stereocenters. The lowest BCUT2D eigenvalue weighted by Gasteiger charge is -2.25. The molecular weight excluding hydrogens is 324 g/mol. The van der Waals surface area contributed by atoms with E-state index in [2.05, 4.69) is 45.1 Å². The van der Waals surface area contributed by atoms with Crippen molar-refractivity contribution in [1.29, 1.82) is 0 Å². The number of hydrogen-bond donors (Lipinski definition) is 1. The van der Waals surface area contributed by atoms with Gasteiger partial charge in [-0.3, -0.25) is 0 Å². The molecule has 0 radical (unpaired) electrons. The molecule has 0 aliphatic heterocycles. The predicted octanol–water partition coefficient (Wildman–Crippen LogP) is 5.50. The molecule has 3 aromatic rings. The minimum Gasteiger partial charge on any atom is -0.399 e. The molecular formula is C18H15BrN2. The van der Waals surface area contributed by atoms with E-state index in [-0.39, 0.29) is 0 Å². The van der Waals surface area contributed by atoms with Crippen molar-refractivity contribution in [1.82, 2.24) is 0 Å². The van der Waals surface area contributed by atoms with Gasteiger partial charge in [0.1, 0.15) is 0 Å². The van der Waals surface area contributed by atoms with E-state index in [1.54, 1.807) is 0 Å². The molecule has 2 nitrogen and oxygen atoms in total. The zero-order chi connectivity index (χ0) is 14.7. The predicted molar refractivity (Wildman–Crippen MR) is 93.2 cm³/mol. The summed E-state index contributed by atoms with van der Waals surface area (Å²) >= 11 is 3.48. The summed E-state index contributed by atoms with van der Waals surface area (Å²) in [5.74, 6) is 0. The Morgan fingerprint density at radius 1 is 0.619 bits per heavy atom. The molecule has 0 aromatic heterocycles. The van der Waals surface area contributed by atoms with Gasteiger partial charge in [0.15, 0.2) is 0 Å². The molecule has 0 aliphatic carbocycles. The molecule has 0 spiro atoms. The second kappa shape index (κ2) is 6.02. The Morgan fingerprint density at radius 3 is 1.67 bits per heavy atom. The minimum atomic E-state index is 0.766. The Kier molecular flexibility index (Phi) is 3.93. The van der Waals surface area contributed by atoms with Gasteiger partial charge in [0, 0.05) is 27.2 Å². The molecule has 0 unspecified atom stereocenters. The van der Waals surface area contributed by atoms with Gasteiger partial charge in [-0.1, -0.05) is 34.1 Å². The normalized spacial score (nSPS) is 10.3. The topological polar surface area (TPSA) is 29.3 Å². The van der Waals surface area contributed by atoms with Crippen LogP contribution in [0, 0.1) is 0 Å². The number of halogens is 1. The van der Waals surface area contributed by atoms with Crippen molar-refractivity contribution in [3.8, 4) is 0 Å². The van der Waals surface area contributed by atoms with Gasteiger partial charge < -0.3 is 10.6 Å². The van der Waals surface area contributed by atoms with Gasteiger partial charge in [-0.25, -0.2) is 0 Å². The van der Waals surface area contributed by atoms with Gasteiger partial charge in [0.25, 0.3) is 0 Å². The quantitative estimate of drug-likeness (QED) is 0.638. The number of nitrogen functional groups attached to an aromatic ring is 1. The molecule has 2 N–H and O–H groups in total. The van der Waals surface area contributed by atoms with Crippen LogP contribution in [0.5, 0.6) is 0 Å². The molecule has 0 saturated carbocycles. The monoisotopic (exact) mass is 338 g/mol. The number of benzene rings is 3. The van der Waals surface area contributed by atoms with E-state index >= 15 is 0 Å². The lowest BCUT2D eigenvalue weighted by molar-refractivity contribution is 1.28. The Balaban J connectivity index is 2.11. The number of para-hydroxylation sites is 1. The maximum atomic E-state index is 5.80. The lowest BCUT2D eigenvalue weighted by Crippen LogP contribution is -2.09. The van der Waals surface area contributed by atoms with Gasteiger partial charge >= 0.3 is 0 Å². The summed E-state index contributed by atoms with van der Waals surface area (Å²) in [4.78, 5) is 2.20. The van der Waals surface area contributed by atoms with Crippen LogP contribution in [0.3, 0.4) is 0 Å². The first-order chi connectivity index (χ1) is 10.2. The largest absolute Gasteiger partial charge is 0.399 e. The highest BCUT2D eigenvalue weighted by molar-refractivity contribution is 9.10. The van der Waals surface area contributed by atoms with Gasteiger partial charge in [0.05, 0.1) is 0 Å². The van der Waals surface area contributed by atoms with Crippen LogP contribution in [0.2, 0.25) is 0 Å². The second-order valence-electron chi connectivity index (χ2n) is 4.74. The van der Waals surface area contributed by atoms with Crippen molar-refractivity contribution in [2.45, 2.75) is 0 Å². The maximum Gasteiger partial charge on any atom is 0.0463 e. The summed E-state index contributed by atoms with van der Waals surface area (Å²) in [5.41, 5.74) is 9.87. The summed E-state index contributed by atoms with van der Waals surface area (Å²) < 4.78 is 1.07. The lowest BCUT2D eigenvalue weighted by atomic mass is 10.2. The molecule has 3 heteroatoms. The highest BCUT2D eigenvalue weighted by atomic mass is 79.9. The highest BCUT2D eigenvalue weighted by Crippen LogP contribution is 2.34. The molecule has 0 fully saturated rings. The fraction of sp³-hybridized carbons (Fsp3) is 0. The van der Waals surface area contributed by atoms with Crippen LogP contribution in [-0.4, -0.2) is 0 Å². The van der Waals surface area contributed by atoms with Crippen LogP contribution >= 0.6 is 15.9 Å². The average molecular weight is 339 g/mol. The standard InChI is InChI=1S/C18H15BrN2/c19-14-6-10-17(11-7-14)21(16-4-2-1-3-5-16)18-12-8-15(20)9-13-18/h1-13H,20H2. The van der Waals surface area contributed by atoms with Crippen LogP contribution in [0.15, 0.2) is 83.3 Å². The van der Waals surface area contributed by atoms with Gasteiger partial charge in [-0.05, 0) is 60.7 Å². The molecule has 104 valence electrons. The molecule has 3 rings (SSSR count). The van der Waals surface area contributed by atoms with Crippen LogP contribution < -0.4 is 10.6 Å². The second-order valence-corrected chi connectivity index (χ2v) is 5.65. The fourth-order valence-corrected chi connectivity index (χ4v) is 2.50. The average Bonchev–Trinajstić information content (AvgIpc) is 2.52. The third kappa shape index (κ3) is 3.09. The fourth-order valence-electron chi connectivity index (χ4n) is 2.24. The van der Waals surface area contributed by atoms with Crippen molar-refractivity contribution in [2.75, 3.05) is 10.6 Å². The summed E-state index contributed by atoms with van der Waals surface area (Å²) in [6, 6.07) is 26.5. The van der Waals surface area contributed by atoms with Crippen molar-refractivity contribution in [3.63, 3.8) is 0 Å². The smallest absolute Gasteiger partial charge is 0.0463 e. The summed E-state index contributed by atoms with van der Waals surface area (Å²) in [6.07, 6.45) is 0. The van der Waals surface area contributed by atoms with Gasteiger partial charge in [-0.15, -0.1) is 0 Å². The van der Waals surface area contributed by atoms with E-state index in [9.17, 15) is 0 Å². The Morgan fingerprint density at radius 2 is 1.10 bits per heavy atom. The zero-order valence-corrected chi connectivity index (χ0v) is 13.0. The van der Waals surface area contributed by atoms with Crippen LogP contribution in [0.1, 0.15) is 0 Å². The number of rotatable bonds is 3. The zero-order valence-electron chi connectivity index (χ0n) is 11.4. The highest BCUT2D eigenvalue weighted by Gasteiger charge is 2.11. The number of hydrogen-bond acceptors (Lipinski definition) is 2. The van der Waals surface area contributed by atoms with Crippen LogP contribution in [-0.2, 0) is 0 Å². The molecule has 0 amide bonds. The van der Waals surface area contributed by atoms with E-state index in [0.29, 0.717) is 0 Å². The number of nitrogens with two attached hydrogens (primary N) is 1.